The van der Waals surface area contributed by atoms with E-state index in [2.05, 4.69) is 4.74 Å². The molecule has 78 valence electrons. The van der Waals surface area contributed by atoms with E-state index in [1.807, 2.05) is 0 Å². The number of hydrogen-bond acceptors (Lipinski definition) is 3. The number of hydrogen-bond donors (Lipinski definition) is 1. The van der Waals surface area contributed by atoms with Crippen molar-refractivity contribution in [1.82, 2.24) is 0 Å². The smallest absolute Gasteiger partial charge is 0.391 e. The van der Waals surface area contributed by atoms with Crippen LogP contribution in [0.4, 0.5) is 13.2 Å². The number of carbonyl (C=O) groups excluding carboxylic acids is 1. The van der Waals surface area contributed by atoms with Gasteiger partial charge in [0.1, 0.15) is 0 Å². The molecule has 0 aromatic carbocycles. The van der Waals surface area contributed by atoms with Gasteiger partial charge < -0.3 is 9.84 Å². The summed E-state index contributed by atoms with van der Waals surface area (Å²) in [6.07, 6.45) is -7.61. The molecule has 2 atom stereocenters. The van der Waals surface area contributed by atoms with Crippen molar-refractivity contribution in [1.29, 1.82) is 0 Å². The van der Waals surface area contributed by atoms with E-state index in [9.17, 15) is 18.0 Å². The Morgan fingerprint density at radius 1 is 1.54 bits per heavy atom. The van der Waals surface area contributed by atoms with Gasteiger partial charge in [-0.2, -0.15) is 13.2 Å². The van der Waals surface area contributed by atoms with Crippen LogP contribution in [0.1, 0.15) is 13.3 Å². The second-order valence-electron chi connectivity index (χ2n) is 2.70. The first-order valence-electron chi connectivity index (χ1n) is 3.60. The van der Waals surface area contributed by atoms with Crippen LogP contribution in [0, 0.1) is 5.92 Å². The molecule has 0 saturated heterocycles. The molecule has 0 fully saturated rings. The lowest BCUT2D eigenvalue weighted by Crippen LogP contribution is -2.31. The first kappa shape index (κ1) is 12.2. The zero-order valence-electron chi connectivity index (χ0n) is 7.26. The van der Waals surface area contributed by atoms with Gasteiger partial charge in [-0.15, -0.1) is 0 Å². The second kappa shape index (κ2) is 4.45. The molecule has 0 heterocycles. The Hall–Kier alpha value is -0.780. The number of rotatable bonds is 3. The summed E-state index contributed by atoms with van der Waals surface area (Å²) in [6.45, 7) is 1.18. The predicted octanol–water partition coefficient (Wildman–Crippen LogP) is 1.11. The van der Waals surface area contributed by atoms with Crippen molar-refractivity contribution in [3.63, 3.8) is 0 Å². The average molecular weight is 200 g/mol. The van der Waals surface area contributed by atoms with Gasteiger partial charge in [-0.05, 0) is 6.92 Å². The third-order valence-corrected chi connectivity index (χ3v) is 1.59. The molecular weight excluding hydrogens is 189 g/mol. The number of halogens is 3. The van der Waals surface area contributed by atoms with Gasteiger partial charge >= 0.3 is 12.1 Å². The molecule has 0 radical (unpaired) electrons. The van der Waals surface area contributed by atoms with Crippen LogP contribution < -0.4 is 0 Å². The summed E-state index contributed by atoms with van der Waals surface area (Å²) >= 11 is 0. The fourth-order valence-electron chi connectivity index (χ4n) is 0.757. The lowest BCUT2D eigenvalue weighted by atomic mass is 10.0. The quantitative estimate of drug-likeness (QED) is 0.694. The van der Waals surface area contributed by atoms with Crippen LogP contribution in [0.5, 0.6) is 0 Å². The topological polar surface area (TPSA) is 46.5 Å². The normalized spacial score (nSPS) is 16.5. The Morgan fingerprint density at radius 3 is 2.31 bits per heavy atom. The van der Waals surface area contributed by atoms with Gasteiger partial charge in [-0.25, -0.2) is 0 Å². The molecule has 0 bridgehead atoms. The summed E-state index contributed by atoms with van der Waals surface area (Å²) in [5.41, 5.74) is 0. The summed E-state index contributed by atoms with van der Waals surface area (Å²) in [6, 6.07) is 0. The highest BCUT2D eigenvalue weighted by molar-refractivity contribution is 5.72. The minimum atomic E-state index is -4.47. The number of ether oxygens (including phenoxy) is 1. The highest BCUT2D eigenvalue weighted by Crippen LogP contribution is 2.24. The Labute approximate surface area is 73.5 Å². The highest BCUT2D eigenvalue weighted by atomic mass is 19.4. The Morgan fingerprint density at radius 2 is 2.00 bits per heavy atom. The SMILES string of the molecule is COC(=O)[C@H](C)[C@H](O)CC(F)(F)F. The van der Waals surface area contributed by atoms with E-state index >= 15 is 0 Å². The number of esters is 1. The molecule has 0 unspecified atom stereocenters. The fraction of sp³-hybridized carbons (Fsp3) is 0.857. The van der Waals surface area contributed by atoms with E-state index in [-0.39, 0.29) is 0 Å². The molecule has 3 nitrogen and oxygen atoms in total. The van der Waals surface area contributed by atoms with Crippen molar-refractivity contribution in [3.8, 4) is 0 Å². The zero-order chi connectivity index (χ0) is 10.6. The number of aliphatic hydroxyl groups is 1. The Bertz CT molecular complexity index is 178. The molecule has 6 heteroatoms. The average Bonchev–Trinajstić information content (AvgIpc) is 1.98. The van der Waals surface area contributed by atoms with E-state index in [1.54, 1.807) is 0 Å². The van der Waals surface area contributed by atoms with Crippen LogP contribution >= 0.6 is 0 Å². The third-order valence-electron chi connectivity index (χ3n) is 1.59. The van der Waals surface area contributed by atoms with Crippen molar-refractivity contribution in [2.75, 3.05) is 7.11 Å². The van der Waals surface area contributed by atoms with Gasteiger partial charge in [-0.1, -0.05) is 0 Å². The predicted molar refractivity (Wildman–Crippen MR) is 37.9 cm³/mol. The van der Waals surface area contributed by atoms with Gasteiger partial charge in [0.05, 0.1) is 25.6 Å². The summed E-state index contributed by atoms with van der Waals surface area (Å²) in [5, 5.41) is 8.93. The number of alkyl halides is 3. The van der Waals surface area contributed by atoms with Crippen molar-refractivity contribution in [3.05, 3.63) is 0 Å². The maximum Gasteiger partial charge on any atom is 0.391 e. The van der Waals surface area contributed by atoms with Crippen LogP contribution in [-0.4, -0.2) is 30.5 Å². The summed E-state index contributed by atoms with van der Waals surface area (Å²) in [4.78, 5) is 10.7. The second-order valence-corrected chi connectivity index (χ2v) is 2.70. The van der Waals surface area contributed by atoms with E-state index < -0.39 is 30.6 Å². The largest absolute Gasteiger partial charge is 0.469 e. The number of aliphatic hydroxyl groups excluding tert-OH is 1. The Balaban J connectivity index is 4.11. The van der Waals surface area contributed by atoms with Crippen molar-refractivity contribution >= 4 is 5.97 Å². The number of methoxy groups -OCH3 is 1. The molecule has 0 saturated carbocycles. The lowest BCUT2D eigenvalue weighted by molar-refractivity contribution is -0.167. The third kappa shape index (κ3) is 4.72. The minimum Gasteiger partial charge on any atom is -0.469 e. The molecule has 0 aromatic rings. The van der Waals surface area contributed by atoms with Gasteiger partial charge in [0, 0.05) is 0 Å². The molecular formula is C7H11F3O3. The molecule has 0 rings (SSSR count). The maximum atomic E-state index is 11.7. The molecule has 0 aromatic heterocycles. The monoisotopic (exact) mass is 200 g/mol. The Kier molecular flexibility index (Phi) is 4.19. The van der Waals surface area contributed by atoms with Gasteiger partial charge in [-0.3, -0.25) is 4.79 Å². The van der Waals surface area contributed by atoms with Crippen LogP contribution in [0.15, 0.2) is 0 Å². The van der Waals surface area contributed by atoms with E-state index in [0.717, 1.165) is 7.11 Å². The fourth-order valence-corrected chi connectivity index (χ4v) is 0.757. The first-order chi connectivity index (χ1) is 5.78. The van der Waals surface area contributed by atoms with Crippen LogP contribution in [0.2, 0.25) is 0 Å². The maximum absolute atomic E-state index is 11.7. The van der Waals surface area contributed by atoms with Gasteiger partial charge in [0.2, 0.25) is 0 Å². The van der Waals surface area contributed by atoms with Gasteiger partial charge in [0.25, 0.3) is 0 Å². The molecule has 1 N–H and O–H groups in total. The molecule has 0 aliphatic heterocycles. The lowest BCUT2D eigenvalue weighted by Gasteiger charge is -2.17. The van der Waals surface area contributed by atoms with Crippen LogP contribution in [0.25, 0.3) is 0 Å². The van der Waals surface area contributed by atoms with E-state index in [1.165, 1.54) is 6.92 Å². The summed E-state index contributed by atoms with van der Waals surface area (Å²) in [7, 11) is 1.05. The van der Waals surface area contributed by atoms with E-state index in [0.29, 0.717) is 0 Å². The molecule has 0 aliphatic rings. The van der Waals surface area contributed by atoms with Crippen molar-refractivity contribution in [2.45, 2.75) is 25.6 Å². The van der Waals surface area contributed by atoms with Gasteiger partial charge in [0.15, 0.2) is 0 Å². The highest BCUT2D eigenvalue weighted by Gasteiger charge is 2.35. The molecule has 0 aliphatic carbocycles. The molecule has 0 spiro atoms. The van der Waals surface area contributed by atoms with E-state index in [4.69, 9.17) is 5.11 Å². The summed E-state index contributed by atoms with van der Waals surface area (Å²) < 4.78 is 39.3. The van der Waals surface area contributed by atoms with Crippen LogP contribution in [0.3, 0.4) is 0 Å². The molecule has 0 amide bonds. The summed E-state index contributed by atoms with van der Waals surface area (Å²) in [5.74, 6) is -2.01. The standard InChI is InChI=1S/C7H11F3O3/c1-4(6(12)13-2)5(11)3-7(8,9)10/h4-5,11H,3H2,1-2H3/t4-,5-/m1/s1. The first-order valence-corrected chi connectivity index (χ1v) is 3.60. The van der Waals surface area contributed by atoms with Crippen molar-refractivity contribution < 1.29 is 27.8 Å². The molecule has 13 heavy (non-hydrogen) atoms. The zero-order valence-corrected chi connectivity index (χ0v) is 7.26. The van der Waals surface area contributed by atoms with Crippen molar-refractivity contribution in [2.24, 2.45) is 5.92 Å². The minimum absolute atomic E-state index is 0.850. The number of carbonyl (C=O) groups is 1. The van der Waals surface area contributed by atoms with Crippen LogP contribution in [-0.2, 0) is 9.53 Å².